The van der Waals surface area contributed by atoms with E-state index in [1.54, 1.807) is 35.9 Å². The molecule has 1 amide bonds. The molecule has 178 valence electrons. The molecule has 1 aliphatic rings. The number of amides is 1. The van der Waals surface area contributed by atoms with Crippen LogP contribution in [0.2, 0.25) is 0 Å². The molecule has 0 bridgehead atoms. The van der Waals surface area contributed by atoms with Crippen LogP contribution in [-0.2, 0) is 17.6 Å². The molecular formula is C25H26FN3O4S. The number of aromatic nitrogens is 2. The predicted molar refractivity (Wildman–Crippen MR) is 129 cm³/mol. The highest BCUT2D eigenvalue weighted by Crippen LogP contribution is 2.39. The van der Waals surface area contributed by atoms with E-state index in [-0.39, 0.29) is 18.1 Å². The van der Waals surface area contributed by atoms with E-state index in [1.807, 2.05) is 26.0 Å². The molecule has 1 aliphatic heterocycles. The molecule has 3 aromatic rings. The molecule has 2 heterocycles. The predicted octanol–water partition coefficient (Wildman–Crippen LogP) is 4.48. The number of carbonyl (C=O) groups excluding carboxylic acids is 1. The molecule has 1 N–H and O–H groups in total. The number of hydrogen-bond acceptors (Lipinski definition) is 6. The molecule has 1 unspecified atom stereocenters. The van der Waals surface area contributed by atoms with Crippen molar-refractivity contribution in [3.05, 3.63) is 75.3 Å². The topological polar surface area (TPSA) is 82.5 Å². The van der Waals surface area contributed by atoms with Crippen LogP contribution in [0.15, 0.2) is 52.4 Å². The Hall–Kier alpha value is -3.33. The van der Waals surface area contributed by atoms with Crippen molar-refractivity contribution in [1.82, 2.24) is 9.55 Å². The van der Waals surface area contributed by atoms with Gasteiger partial charge in [-0.1, -0.05) is 36.0 Å². The Morgan fingerprint density at radius 3 is 2.59 bits per heavy atom. The molecule has 2 aromatic carbocycles. The molecule has 0 aliphatic carbocycles. The average molecular weight is 484 g/mol. The molecule has 0 spiro atoms. The third kappa shape index (κ3) is 4.79. The minimum atomic E-state index is -0.476. The summed E-state index contributed by atoms with van der Waals surface area (Å²) >= 11 is 1.24. The lowest BCUT2D eigenvalue weighted by molar-refractivity contribution is -0.116. The number of nitrogens with one attached hydrogen (secondary N) is 1. The van der Waals surface area contributed by atoms with Crippen LogP contribution in [0.1, 0.15) is 42.9 Å². The average Bonchev–Trinajstić information content (AvgIpc) is 2.82. The largest absolute Gasteiger partial charge is 0.490 e. The summed E-state index contributed by atoms with van der Waals surface area (Å²) in [5.41, 5.74) is 1.29. The van der Waals surface area contributed by atoms with Crippen molar-refractivity contribution in [2.24, 2.45) is 7.05 Å². The van der Waals surface area contributed by atoms with Crippen molar-refractivity contribution >= 4 is 23.5 Å². The number of rotatable bonds is 8. The minimum Gasteiger partial charge on any atom is -0.490 e. The number of carbonyl (C=O) groups is 1. The SMILES string of the molecule is CCOc1ccc(C2CC(=O)Nc3c2c(=O)nc(SCc2ccccc2F)n3C)cc1OCC. The normalized spacial score (nSPS) is 14.9. The van der Waals surface area contributed by atoms with Gasteiger partial charge in [0, 0.05) is 25.1 Å². The third-order valence-corrected chi connectivity index (χ3v) is 6.66. The summed E-state index contributed by atoms with van der Waals surface area (Å²) in [4.78, 5) is 30.1. The van der Waals surface area contributed by atoms with Crippen molar-refractivity contribution in [1.29, 1.82) is 0 Å². The van der Waals surface area contributed by atoms with E-state index >= 15 is 0 Å². The quantitative estimate of drug-likeness (QED) is 0.376. The summed E-state index contributed by atoms with van der Waals surface area (Å²) in [5.74, 6) is 0.901. The van der Waals surface area contributed by atoms with Crippen LogP contribution in [0, 0.1) is 5.82 Å². The lowest BCUT2D eigenvalue weighted by atomic mass is 9.86. The molecule has 4 rings (SSSR count). The van der Waals surface area contributed by atoms with Gasteiger partial charge in [-0.15, -0.1) is 0 Å². The molecule has 9 heteroatoms. The van der Waals surface area contributed by atoms with Crippen LogP contribution in [0.3, 0.4) is 0 Å². The smallest absolute Gasteiger partial charge is 0.279 e. The number of hydrogen-bond donors (Lipinski definition) is 1. The first-order valence-corrected chi connectivity index (χ1v) is 12.1. The Balaban J connectivity index is 1.72. The molecule has 1 atom stereocenters. The summed E-state index contributed by atoms with van der Waals surface area (Å²) < 4.78 is 27.1. The number of halogens is 1. The van der Waals surface area contributed by atoms with Gasteiger partial charge >= 0.3 is 0 Å². The van der Waals surface area contributed by atoms with Crippen LogP contribution >= 0.6 is 11.8 Å². The Morgan fingerprint density at radius 2 is 1.85 bits per heavy atom. The van der Waals surface area contributed by atoms with E-state index in [2.05, 4.69) is 10.3 Å². The first-order chi connectivity index (χ1) is 16.4. The molecular weight excluding hydrogens is 457 g/mol. The van der Waals surface area contributed by atoms with Gasteiger partial charge in [-0.05, 0) is 43.2 Å². The van der Waals surface area contributed by atoms with Gasteiger partial charge in [0.05, 0.1) is 18.8 Å². The Labute approximate surface area is 201 Å². The lowest BCUT2D eigenvalue weighted by Crippen LogP contribution is -2.33. The second-order valence-electron chi connectivity index (χ2n) is 7.78. The zero-order valence-corrected chi connectivity index (χ0v) is 20.1. The van der Waals surface area contributed by atoms with Gasteiger partial charge in [0.25, 0.3) is 5.56 Å². The van der Waals surface area contributed by atoms with Crippen molar-refractivity contribution in [2.75, 3.05) is 18.5 Å². The van der Waals surface area contributed by atoms with Crippen LogP contribution in [0.25, 0.3) is 0 Å². The van der Waals surface area contributed by atoms with Gasteiger partial charge < -0.3 is 19.4 Å². The summed E-state index contributed by atoms with van der Waals surface area (Å²) in [6.07, 6.45) is 0.116. The number of anilines is 1. The van der Waals surface area contributed by atoms with Gasteiger partial charge in [-0.2, -0.15) is 4.98 Å². The highest BCUT2D eigenvalue weighted by Gasteiger charge is 2.32. The molecule has 1 aromatic heterocycles. The minimum absolute atomic E-state index is 0.116. The Bertz CT molecular complexity index is 1280. The van der Waals surface area contributed by atoms with Gasteiger partial charge in [0.1, 0.15) is 11.6 Å². The molecule has 0 fully saturated rings. The Kier molecular flexibility index (Phi) is 7.21. The van der Waals surface area contributed by atoms with Gasteiger partial charge in [-0.3, -0.25) is 9.59 Å². The van der Waals surface area contributed by atoms with Gasteiger partial charge in [0.15, 0.2) is 16.7 Å². The standard InChI is InChI=1S/C25H26FN3O4S/c1-4-32-19-11-10-15(12-20(19)33-5-2)17-13-21(30)27-23-22(17)24(31)28-25(29(23)3)34-14-16-8-6-7-9-18(16)26/h6-12,17H,4-5,13-14H2,1-3H3,(H,27,30). The maximum Gasteiger partial charge on any atom is 0.279 e. The third-order valence-electron chi connectivity index (χ3n) is 5.59. The first-order valence-electron chi connectivity index (χ1n) is 11.1. The zero-order chi connectivity index (χ0) is 24.2. The highest BCUT2D eigenvalue weighted by atomic mass is 32.2. The van der Waals surface area contributed by atoms with E-state index in [0.717, 1.165) is 5.56 Å². The van der Waals surface area contributed by atoms with Crippen LogP contribution in [0.4, 0.5) is 10.2 Å². The zero-order valence-electron chi connectivity index (χ0n) is 19.3. The fourth-order valence-electron chi connectivity index (χ4n) is 3.99. The second-order valence-corrected chi connectivity index (χ2v) is 8.72. The molecule has 7 nitrogen and oxygen atoms in total. The summed E-state index contributed by atoms with van der Waals surface area (Å²) in [7, 11) is 1.74. The summed E-state index contributed by atoms with van der Waals surface area (Å²) in [5, 5.41) is 3.23. The van der Waals surface area contributed by atoms with E-state index in [0.29, 0.717) is 52.6 Å². The molecule has 0 saturated carbocycles. The van der Waals surface area contributed by atoms with Crippen molar-refractivity contribution in [3.63, 3.8) is 0 Å². The van der Waals surface area contributed by atoms with Gasteiger partial charge in [-0.25, -0.2) is 4.39 Å². The lowest BCUT2D eigenvalue weighted by Gasteiger charge is -2.28. The highest BCUT2D eigenvalue weighted by molar-refractivity contribution is 7.98. The van der Waals surface area contributed by atoms with E-state index in [4.69, 9.17) is 9.47 Å². The molecule has 34 heavy (non-hydrogen) atoms. The van der Waals surface area contributed by atoms with Crippen LogP contribution in [0.5, 0.6) is 11.5 Å². The second kappa shape index (κ2) is 10.3. The molecule has 0 radical (unpaired) electrons. The number of thioether (sulfide) groups is 1. The van der Waals surface area contributed by atoms with E-state index in [9.17, 15) is 14.0 Å². The summed E-state index contributed by atoms with van der Waals surface area (Å²) in [6.45, 7) is 4.72. The van der Waals surface area contributed by atoms with Crippen molar-refractivity contribution in [3.8, 4) is 11.5 Å². The first kappa shape index (κ1) is 23.8. The molecule has 0 saturated heterocycles. The number of benzene rings is 2. The number of ether oxygens (including phenoxy) is 2. The Morgan fingerprint density at radius 1 is 1.12 bits per heavy atom. The number of nitrogens with zero attached hydrogens (tertiary/aromatic N) is 2. The fraction of sp³-hybridized carbons (Fsp3) is 0.320. The number of fused-ring (bicyclic) bond motifs is 1. The van der Waals surface area contributed by atoms with Gasteiger partial charge in [0.2, 0.25) is 5.91 Å². The van der Waals surface area contributed by atoms with E-state index in [1.165, 1.54) is 17.8 Å². The monoisotopic (exact) mass is 483 g/mol. The maximum absolute atomic E-state index is 14.0. The summed E-state index contributed by atoms with van der Waals surface area (Å²) in [6, 6.07) is 11.9. The van der Waals surface area contributed by atoms with Crippen molar-refractivity contribution < 1.29 is 18.7 Å². The van der Waals surface area contributed by atoms with E-state index < -0.39 is 11.5 Å². The fourth-order valence-corrected chi connectivity index (χ4v) is 4.94. The van der Waals surface area contributed by atoms with Crippen molar-refractivity contribution in [2.45, 2.75) is 37.1 Å². The van der Waals surface area contributed by atoms with Crippen LogP contribution < -0.4 is 20.3 Å². The van der Waals surface area contributed by atoms with Crippen LogP contribution in [-0.4, -0.2) is 28.7 Å². The maximum atomic E-state index is 14.0.